The first-order valence-electron chi connectivity index (χ1n) is 10.7. The number of pyridine rings is 1. The van der Waals surface area contributed by atoms with Crippen molar-refractivity contribution in [3.05, 3.63) is 59.7 Å². The van der Waals surface area contributed by atoms with E-state index in [1.165, 1.54) is 6.92 Å². The number of amides is 2. The summed E-state index contributed by atoms with van der Waals surface area (Å²) in [5.74, 6) is -0.211. The summed E-state index contributed by atoms with van der Waals surface area (Å²) in [5, 5.41) is 6.67. The lowest BCUT2D eigenvalue weighted by Gasteiger charge is -2.18. The van der Waals surface area contributed by atoms with Crippen LogP contribution in [0.3, 0.4) is 0 Å². The molecule has 0 fully saturated rings. The standard InChI is InChI=1S/C25H30N4O2/c1-5-29(6-2)14-13-26-25(31)22-16-24(28-23-12-7-17(3)15-21(22)23)19-8-10-20(11-9-19)27-18(4)30/h7-12,15-16H,5-6,13-14H2,1-4H3,(H,26,31)(H,27,30). The number of benzene rings is 2. The summed E-state index contributed by atoms with van der Waals surface area (Å²) in [6, 6.07) is 15.3. The Morgan fingerprint density at radius 1 is 1.00 bits per heavy atom. The van der Waals surface area contributed by atoms with E-state index in [9.17, 15) is 9.59 Å². The first kappa shape index (κ1) is 22.4. The SMILES string of the molecule is CCN(CC)CCNC(=O)c1cc(-c2ccc(NC(C)=O)cc2)nc2ccc(C)cc12. The fourth-order valence-corrected chi connectivity index (χ4v) is 3.57. The third-order valence-electron chi connectivity index (χ3n) is 5.32. The maximum Gasteiger partial charge on any atom is 0.252 e. The van der Waals surface area contributed by atoms with E-state index in [4.69, 9.17) is 4.98 Å². The number of aromatic nitrogens is 1. The number of anilines is 1. The van der Waals surface area contributed by atoms with Crippen molar-refractivity contribution in [1.29, 1.82) is 0 Å². The maximum absolute atomic E-state index is 13.1. The van der Waals surface area contributed by atoms with Gasteiger partial charge in [-0.2, -0.15) is 0 Å². The molecule has 2 N–H and O–H groups in total. The Labute approximate surface area is 183 Å². The van der Waals surface area contributed by atoms with Gasteiger partial charge in [0.05, 0.1) is 16.8 Å². The van der Waals surface area contributed by atoms with Gasteiger partial charge in [0.1, 0.15) is 0 Å². The number of hydrogen-bond acceptors (Lipinski definition) is 4. The Balaban J connectivity index is 1.93. The quantitative estimate of drug-likeness (QED) is 0.574. The van der Waals surface area contributed by atoms with Crippen LogP contribution in [0.2, 0.25) is 0 Å². The highest BCUT2D eigenvalue weighted by molar-refractivity contribution is 6.07. The molecule has 31 heavy (non-hydrogen) atoms. The van der Waals surface area contributed by atoms with Crippen molar-refractivity contribution in [3.63, 3.8) is 0 Å². The molecule has 0 spiro atoms. The Bertz CT molecular complexity index is 1070. The maximum atomic E-state index is 13.1. The highest BCUT2D eigenvalue weighted by Crippen LogP contribution is 2.26. The Kier molecular flexibility index (Phi) is 7.36. The highest BCUT2D eigenvalue weighted by atomic mass is 16.2. The minimum absolute atomic E-state index is 0.0960. The van der Waals surface area contributed by atoms with Gasteiger partial charge in [-0.25, -0.2) is 4.98 Å². The van der Waals surface area contributed by atoms with Crippen LogP contribution >= 0.6 is 0 Å². The molecular formula is C25H30N4O2. The summed E-state index contributed by atoms with van der Waals surface area (Å²) in [4.78, 5) is 31.4. The van der Waals surface area contributed by atoms with Gasteiger partial charge >= 0.3 is 0 Å². The molecule has 0 bridgehead atoms. The third kappa shape index (κ3) is 5.67. The summed E-state index contributed by atoms with van der Waals surface area (Å²) >= 11 is 0. The smallest absolute Gasteiger partial charge is 0.252 e. The van der Waals surface area contributed by atoms with E-state index in [0.29, 0.717) is 12.1 Å². The molecule has 6 heteroatoms. The fraction of sp³-hybridized carbons (Fsp3) is 0.320. The molecule has 3 rings (SSSR count). The van der Waals surface area contributed by atoms with Crippen LogP contribution in [-0.2, 0) is 4.79 Å². The molecule has 1 aromatic heterocycles. The van der Waals surface area contributed by atoms with Gasteiger partial charge < -0.3 is 15.5 Å². The van der Waals surface area contributed by atoms with Gasteiger partial charge in [0.15, 0.2) is 0 Å². The third-order valence-corrected chi connectivity index (χ3v) is 5.32. The molecule has 0 aliphatic rings. The number of likely N-dealkylation sites (N-methyl/N-ethyl adjacent to an activating group) is 1. The molecule has 0 unspecified atom stereocenters. The zero-order chi connectivity index (χ0) is 22.4. The lowest BCUT2D eigenvalue weighted by atomic mass is 10.0. The average Bonchev–Trinajstić information content (AvgIpc) is 2.76. The van der Waals surface area contributed by atoms with Crippen LogP contribution in [0, 0.1) is 6.92 Å². The Morgan fingerprint density at radius 2 is 1.71 bits per heavy atom. The predicted octanol–water partition coefficient (Wildman–Crippen LogP) is 4.24. The number of hydrogen-bond donors (Lipinski definition) is 2. The number of nitrogens with zero attached hydrogens (tertiary/aromatic N) is 2. The minimum atomic E-state index is -0.115. The van der Waals surface area contributed by atoms with Crippen LogP contribution in [0.25, 0.3) is 22.2 Å². The topological polar surface area (TPSA) is 74.3 Å². The number of carbonyl (C=O) groups is 2. The zero-order valence-corrected chi connectivity index (χ0v) is 18.7. The normalized spacial score (nSPS) is 11.0. The number of carbonyl (C=O) groups excluding carboxylic acids is 2. The molecule has 0 saturated carbocycles. The van der Waals surface area contributed by atoms with Gasteiger partial charge in [-0.15, -0.1) is 0 Å². The molecule has 0 aliphatic heterocycles. The van der Waals surface area contributed by atoms with E-state index < -0.39 is 0 Å². The molecular weight excluding hydrogens is 388 g/mol. The summed E-state index contributed by atoms with van der Waals surface area (Å²) in [6.07, 6.45) is 0. The van der Waals surface area contributed by atoms with Crippen LogP contribution in [0.4, 0.5) is 5.69 Å². The fourth-order valence-electron chi connectivity index (χ4n) is 3.57. The molecule has 0 aliphatic carbocycles. The summed E-state index contributed by atoms with van der Waals surface area (Å²) in [6.45, 7) is 11.1. The van der Waals surface area contributed by atoms with Gasteiger partial charge in [-0.1, -0.05) is 37.6 Å². The van der Waals surface area contributed by atoms with Crippen molar-refractivity contribution in [2.24, 2.45) is 0 Å². The molecule has 2 aromatic carbocycles. The monoisotopic (exact) mass is 418 g/mol. The minimum Gasteiger partial charge on any atom is -0.351 e. The van der Waals surface area contributed by atoms with Crippen LogP contribution in [0.5, 0.6) is 0 Å². The molecule has 1 heterocycles. The second-order valence-electron chi connectivity index (χ2n) is 7.62. The van der Waals surface area contributed by atoms with E-state index in [-0.39, 0.29) is 11.8 Å². The summed E-state index contributed by atoms with van der Waals surface area (Å²) < 4.78 is 0. The number of aryl methyl sites for hydroxylation is 1. The molecule has 0 atom stereocenters. The van der Waals surface area contributed by atoms with Crippen LogP contribution in [-0.4, -0.2) is 47.9 Å². The molecule has 0 saturated heterocycles. The van der Waals surface area contributed by atoms with Crippen molar-refractivity contribution in [2.75, 3.05) is 31.5 Å². The van der Waals surface area contributed by atoms with Gasteiger partial charge in [0, 0.05) is 36.7 Å². The molecule has 0 radical (unpaired) electrons. The molecule has 2 amide bonds. The van der Waals surface area contributed by atoms with Crippen molar-refractivity contribution in [2.45, 2.75) is 27.7 Å². The van der Waals surface area contributed by atoms with E-state index in [2.05, 4.69) is 29.4 Å². The van der Waals surface area contributed by atoms with E-state index >= 15 is 0 Å². The van der Waals surface area contributed by atoms with Crippen LogP contribution in [0.1, 0.15) is 36.7 Å². The first-order chi connectivity index (χ1) is 14.9. The van der Waals surface area contributed by atoms with E-state index in [1.54, 1.807) is 0 Å². The van der Waals surface area contributed by atoms with Gasteiger partial charge in [-0.05, 0) is 50.3 Å². The van der Waals surface area contributed by atoms with Crippen LogP contribution < -0.4 is 10.6 Å². The van der Waals surface area contributed by atoms with Crippen molar-refractivity contribution < 1.29 is 9.59 Å². The Morgan fingerprint density at radius 3 is 2.35 bits per heavy atom. The second-order valence-corrected chi connectivity index (χ2v) is 7.62. The van der Waals surface area contributed by atoms with E-state index in [1.807, 2.05) is 55.5 Å². The first-order valence-corrected chi connectivity index (χ1v) is 10.7. The summed E-state index contributed by atoms with van der Waals surface area (Å²) in [7, 11) is 0. The summed E-state index contributed by atoms with van der Waals surface area (Å²) in [5.41, 5.74) is 4.81. The Hall–Kier alpha value is -3.25. The van der Waals surface area contributed by atoms with Crippen molar-refractivity contribution in [1.82, 2.24) is 15.2 Å². The van der Waals surface area contributed by atoms with Gasteiger partial charge in [0.2, 0.25) is 5.91 Å². The van der Waals surface area contributed by atoms with Crippen molar-refractivity contribution >= 4 is 28.4 Å². The van der Waals surface area contributed by atoms with E-state index in [0.717, 1.165) is 53.0 Å². The molecule has 3 aromatic rings. The molecule has 162 valence electrons. The zero-order valence-electron chi connectivity index (χ0n) is 18.7. The largest absolute Gasteiger partial charge is 0.351 e. The second kappa shape index (κ2) is 10.2. The molecule has 6 nitrogen and oxygen atoms in total. The average molecular weight is 419 g/mol. The predicted molar refractivity (Wildman–Crippen MR) is 126 cm³/mol. The lowest BCUT2D eigenvalue weighted by molar-refractivity contribution is -0.114. The van der Waals surface area contributed by atoms with Crippen LogP contribution in [0.15, 0.2) is 48.5 Å². The number of nitrogens with one attached hydrogen (secondary N) is 2. The highest BCUT2D eigenvalue weighted by Gasteiger charge is 2.14. The lowest BCUT2D eigenvalue weighted by Crippen LogP contribution is -2.34. The number of fused-ring (bicyclic) bond motifs is 1. The number of rotatable bonds is 8. The van der Waals surface area contributed by atoms with Crippen molar-refractivity contribution in [3.8, 4) is 11.3 Å². The van der Waals surface area contributed by atoms with Gasteiger partial charge in [-0.3, -0.25) is 9.59 Å². The van der Waals surface area contributed by atoms with Gasteiger partial charge in [0.25, 0.3) is 5.91 Å².